The number of benzene rings is 2. The highest BCUT2D eigenvalue weighted by Crippen LogP contribution is 2.41. The minimum atomic E-state index is -0.105. The van der Waals surface area contributed by atoms with Crippen LogP contribution in [0.2, 0.25) is 0 Å². The second-order valence-corrected chi connectivity index (χ2v) is 8.58. The van der Waals surface area contributed by atoms with Crippen molar-refractivity contribution in [3.63, 3.8) is 0 Å². The average molecular weight is 435 g/mol. The van der Waals surface area contributed by atoms with Gasteiger partial charge in [-0.2, -0.15) is 0 Å². The first-order valence-electron chi connectivity index (χ1n) is 11.1. The van der Waals surface area contributed by atoms with Crippen molar-refractivity contribution in [1.29, 1.82) is 0 Å². The lowest BCUT2D eigenvalue weighted by Crippen LogP contribution is -2.30. The highest BCUT2D eigenvalue weighted by molar-refractivity contribution is 6.02. The van der Waals surface area contributed by atoms with Crippen molar-refractivity contribution in [3.8, 4) is 16.9 Å². The summed E-state index contributed by atoms with van der Waals surface area (Å²) >= 11 is 0. The predicted octanol–water partition coefficient (Wildman–Crippen LogP) is 5.50. The Morgan fingerprint density at radius 3 is 2.56 bits per heavy atom. The number of amides is 1. The largest absolute Gasteiger partial charge is 0.493 e. The zero-order chi connectivity index (χ0) is 23.4. The van der Waals surface area contributed by atoms with Crippen molar-refractivity contribution in [2.24, 2.45) is 0 Å². The van der Waals surface area contributed by atoms with Crippen molar-refractivity contribution in [2.75, 3.05) is 33.8 Å². The van der Waals surface area contributed by atoms with Crippen LogP contribution in [0.15, 0.2) is 41.0 Å². The molecule has 0 aliphatic heterocycles. The lowest BCUT2D eigenvalue weighted by molar-refractivity contribution is -0.116. The van der Waals surface area contributed by atoms with E-state index in [1.54, 1.807) is 6.08 Å². The zero-order valence-electron chi connectivity index (χ0n) is 20.3. The number of ether oxygens (including phenoxy) is 1. The molecule has 1 heterocycles. The normalized spacial score (nSPS) is 11.9. The fourth-order valence-electron chi connectivity index (χ4n) is 3.99. The van der Waals surface area contributed by atoms with Crippen molar-refractivity contribution in [2.45, 2.75) is 34.6 Å². The predicted molar refractivity (Wildman–Crippen MR) is 132 cm³/mol. The maximum absolute atomic E-state index is 12.5. The smallest absolute Gasteiger partial charge is 0.244 e. The number of allylic oxidation sites excluding steroid dienone is 1. The molecule has 0 aliphatic rings. The minimum absolute atomic E-state index is 0.105. The number of hydrogen-bond donors (Lipinski definition) is 1. The molecule has 170 valence electrons. The van der Waals surface area contributed by atoms with Crippen LogP contribution < -0.4 is 10.1 Å². The fourth-order valence-corrected chi connectivity index (χ4v) is 3.99. The van der Waals surface area contributed by atoms with E-state index in [1.807, 2.05) is 46.0 Å². The van der Waals surface area contributed by atoms with E-state index in [9.17, 15) is 4.79 Å². The summed E-state index contributed by atoms with van der Waals surface area (Å²) in [5.41, 5.74) is 8.15. The number of aryl methyl sites for hydroxylation is 3. The molecule has 0 aliphatic carbocycles. The number of nitrogens with zero attached hydrogens (tertiary/aromatic N) is 1. The molecule has 0 saturated carbocycles. The summed E-state index contributed by atoms with van der Waals surface area (Å²) in [5.74, 6) is 0.655. The summed E-state index contributed by atoms with van der Waals surface area (Å²) in [5, 5.41) is 3.97. The summed E-state index contributed by atoms with van der Waals surface area (Å²) in [6.45, 7) is 12.1. The first-order chi connectivity index (χ1) is 15.2. The maximum Gasteiger partial charge on any atom is 0.244 e. The Kier molecular flexibility index (Phi) is 7.41. The molecule has 1 amide bonds. The third kappa shape index (κ3) is 5.05. The molecule has 0 fully saturated rings. The molecule has 0 bridgehead atoms. The van der Waals surface area contributed by atoms with Crippen LogP contribution in [-0.4, -0.2) is 44.6 Å². The van der Waals surface area contributed by atoms with E-state index in [0.717, 1.165) is 51.1 Å². The van der Waals surface area contributed by atoms with E-state index in [1.165, 1.54) is 11.1 Å². The quantitative estimate of drug-likeness (QED) is 0.475. The van der Waals surface area contributed by atoms with E-state index >= 15 is 0 Å². The van der Waals surface area contributed by atoms with Crippen LogP contribution in [0.3, 0.4) is 0 Å². The molecule has 1 N–H and O–H groups in total. The van der Waals surface area contributed by atoms with Gasteiger partial charge in [0.2, 0.25) is 5.91 Å². The summed E-state index contributed by atoms with van der Waals surface area (Å²) in [6.07, 6.45) is 3.47. The number of rotatable bonds is 8. The third-order valence-corrected chi connectivity index (χ3v) is 5.64. The molecule has 32 heavy (non-hydrogen) atoms. The van der Waals surface area contributed by atoms with Crippen LogP contribution in [0.25, 0.3) is 27.7 Å². The molecule has 0 atom stereocenters. The van der Waals surface area contributed by atoms with Gasteiger partial charge in [-0.15, -0.1) is 0 Å². The number of likely N-dealkylation sites (N-methyl/N-ethyl adjacent to an activating group) is 1. The summed E-state index contributed by atoms with van der Waals surface area (Å²) < 4.78 is 12.0. The van der Waals surface area contributed by atoms with Gasteiger partial charge in [0.1, 0.15) is 11.3 Å². The topological polar surface area (TPSA) is 54.7 Å². The number of furan rings is 1. The molecule has 3 aromatic rings. The van der Waals surface area contributed by atoms with Crippen LogP contribution >= 0.6 is 0 Å². The molecule has 2 aromatic carbocycles. The number of nitrogens with one attached hydrogen (secondary N) is 1. The molecular weight excluding hydrogens is 400 g/mol. The Morgan fingerprint density at radius 1 is 1.16 bits per heavy atom. The summed E-state index contributed by atoms with van der Waals surface area (Å²) in [6, 6.07) is 8.53. The van der Waals surface area contributed by atoms with Gasteiger partial charge in [-0.25, -0.2) is 0 Å². The first-order valence-corrected chi connectivity index (χ1v) is 11.1. The number of hydrogen-bond acceptors (Lipinski definition) is 4. The minimum Gasteiger partial charge on any atom is -0.493 e. The molecule has 0 spiro atoms. The number of fused-ring (bicyclic) bond motifs is 1. The van der Waals surface area contributed by atoms with Crippen molar-refractivity contribution < 1.29 is 13.9 Å². The molecule has 0 saturated heterocycles. The van der Waals surface area contributed by atoms with E-state index in [2.05, 4.69) is 43.4 Å². The molecule has 0 radical (unpaired) electrons. The summed E-state index contributed by atoms with van der Waals surface area (Å²) in [4.78, 5) is 14.5. The van der Waals surface area contributed by atoms with E-state index in [-0.39, 0.29) is 5.91 Å². The molecule has 3 rings (SSSR count). The highest BCUT2D eigenvalue weighted by Gasteiger charge is 2.19. The second-order valence-electron chi connectivity index (χ2n) is 8.58. The van der Waals surface area contributed by atoms with Gasteiger partial charge in [0.05, 0.1) is 12.9 Å². The van der Waals surface area contributed by atoms with Crippen LogP contribution in [0.4, 0.5) is 0 Å². The van der Waals surface area contributed by atoms with Gasteiger partial charge in [-0.05, 0) is 71.5 Å². The Labute approximate surface area is 191 Å². The summed E-state index contributed by atoms with van der Waals surface area (Å²) in [7, 11) is 3.97. The van der Waals surface area contributed by atoms with Gasteiger partial charge >= 0.3 is 0 Å². The number of carbonyl (C=O) groups is 1. The molecule has 1 aromatic heterocycles. The number of carbonyl (C=O) groups excluding carboxylic acids is 1. The third-order valence-electron chi connectivity index (χ3n) is 5.64. The average Bonchev–Trinajstić information content (AvgIpc) is 3.13. The maximum atomic E-state index is 12.5. The Bertz CT molecular complexity index is 1160. The van der Waals surface area contributed by atoms with Crippen LogP contribution in [0, 0.1) is 20.8 Å². The van der Waals surface area contributed by atoms with E-state index < -0.39 is 0 Å². The zero-order valence-corrected chi connectivity index (χ0v) is 20.3. The van der Waals surface area contributed by atoms with E-state index in [0.29, 0.717) is 13.2 Å². The van der Waals surface area contributed by atoms with Crippen molar-refractivity contribution >= 4 is 22.4 Å². The Hall–Kier alpha value is -3.05. The van der Waals surface area contributed by atoms with Gasteiger partial charge in [0.25, 0.3) is 0 Å². The lowest BCUT2D eigenvalue weighted by Gasteiger charge is -2.15. The highest BCUT2D eigenvalue weighted by atomic mass is 16.5. The van der Waals surface area contributed by atoms with Crippen LogP contribution in [-0.2, 0) is 4.79 Å². The van der Waals surface area contributed by atoms with Crippen LogP contribution in [0.1, 0.15) is 36.1 Å². The Morgan fingerprint density at radius 2 is 1.91 bits per heavy atom. The molecule has 5 heteroatoms. The second kappa shape index (κ2) is 10.0. The fraction of sp³-hybridized carbons (Fsp3) is 0.370. The van der Waals surface area contributed by atoms with E-state index in [4.69, 9.17) is 9.15 Å². The monoisotopic (exact) mass is 434 g/mol. The van der Waals surface area contributed by atoms with Gasteiger partial charge in [0.15, 0.2) is 0 Å². The van der Waals surface area contributed by atoms with Gasteiger partial charge in [-0.3, -0.25) is 4.79 Å². The van der Waals surface area contributed by atoms with Gasteiger partial charge in [-0.1, -0.05) is 23.8 Å². The van der Waals surface area contributed by atoms with Crippen molar-refractivity contribution in [3.05, 3.63) is 58.9 Å². The van der Waals surface area contributed by atoms with Crippen LogP contribution in [0.5, 0.6) is 5.75 Å². The molecule has 0 unspecified atom stereocenters. The Balaban J connectivity index is 2.09. The first kappa shape index (κ1) is 23.6. The van der Waals surface area contributed by atoms with Gasteiger partial charge < -0.3 is 19.4 Å². The standard InChI is InChI=1S/C27H34N2O3/c1-8-31-26-20(5)27-23(24(16-32-27)21-10-9-17(2)13-18(21)3)15-22(26)19(4)14-25(30)28-11-12-29(6)7/h9-10,13-16H,8,11-12H2,1-7H3,(H,28,30)/b19-14+. The lowest BCUT2D eigenvalue weighted by atomic mass is 9.94. The molecule has 5 nitrogen and oxygen atoms in total. The van der Waals surface area contributed by atoms with Crippen molar-refractivity contribution in [1.82, 2.24) is 10.2 Å². The van der Waals surface area contributed by atoms with Gasteiger partial charge in [0, 0.05) is 41.2 Å². The molecular formula is C27H34N2O3. The SMILES string of the molecule is CCOc1c(/C(C)=C/C(=O)NCCN(C)C)cc2c(-c3ccc(C)cc3C)coc2c1C.